The van der Waals surface area contributed by atoms with Gasteiger partial charge in [-0.1, -0.05) is 12.8 Å². The van der Waals surface area contributed by atoms with Crippen LogP contribution in [0.2, 0.25) is 0 Å². The van der Waals surface area contributed by atoms with E-state index in [2.05, 4.69) is 33.2 Å². The Morgan fingerprint density at radius 2 is 1.96 bits per heavy atom. The molecule has 1 N–H and O–H groups in total. The molecule has 0 spiro atoms. The zero-order valence-electron chi connectivity index (χ0n) is 13.6. The quantitative estimate of drug-likeness (QED) is 0.908. The van der Waals surface area contributed by atoms with Gasteiger partial charge in [-0.15, -0.1) is 11.3 Å². The molecule has 1 saturated carbocycles. The first-order valence-corrected chi connectivity index (χ1v) is 9.73. The van der Waals surface area contributed by atoms with Crippen molar-refractivity contribution in [2.24, 2.45) is 0 Å². The van der Waals surface area contributed by atoms with Crippen molar-refractivity contribution in [3.63, 3.8) is 0 Å². The van der Waals surface area contributed by atoms with Crippen LogP contribution in [0.4, 0.5) is 0 Å². The summed E-state index contributed by atoms with van der Waals surface area (Å²) < 4.78 is 3.60. The zero-order chi connectivity index (χ0) is 15.6. The van der Waals surface area contributed by atoms with Gasteiger partial charge < -0.3 is 14.8 Å². The van der Waals surface area contributed by atoms with E-state index in [1.54, 1.807) is 11.3 Å². The third-order valence-corrected chi connectivity index (χ3v) is 6.31. The summed E-state index contributed by atoms with van der Waals surface area (Å²) in [6.07, 6.45) is 12.4. The molecule has 1 aliphatic heterocycles. The lowest BCUT2D eigenvalue weighted by atomic mass is 10.2. The molecule has 0 atom stereocenters. The monoisotopic (exact) mass is 331 g/mol. The predicted octanol–water partition coefficient (Wildman–Crippen LogP) is 3.64. The molecule has 5 heteroatoms. The Hall–Kier alpha value is -1.33. The SMILES string of the molecule is O=C(NCCN1CCCC1)c1cc2cn(C3CCCC3)cc2s1. The van der Waals surface area contributed by atoms with E-state index in [9.17, 15) is 4.79 Å². The molecule has 0 unspecified atom stereocenters. The van der Waals surface area contributed by atoms with E-state index in [4.69, 9.17) is 0 Å². The number of fused-ring (bicyclic) bond motifs is 1. The van der Waals surface area contributed by atoms with Crippen LogP contribution in [0.25, 0.3) is 10.1 Å². The molecular weight excluding hydrogens is 306 g/mol. The number of rotatable bonds is 5. The molecule has 3 heterocycles. The van der Waals surface area contributed by atoms with E-state index in [0.29, 0.717) is 6.04 Å². The van der Waals surface area contributed by atoms with Crippen LogP contribution in [-0.4, -0.2) is 41.6 Å². The molecule has 1 amide bonds. The topological polar surface area (TPSA) is 37.3 Å². The summed E-state index contributed by atoms with van der Waals surface area (Å²) in [6.45, 7) is 4.10. The average Bonchev–Trinajstić information content (AvgIpc) is 3.29. The summed E-state index contributed by atoms with van der Waals surface area (Å²) in [5, 5.41) is 4.28. The lowest BCUT2D eigenvalue weighted by Crippen LogP contribution is -2.33. The Kier molecular flexibility index (Phi) is 4.40. The number of aromatic nitrogens is 1. The minimum absolute atomic E-state index is 0.0813. The van der Waals surface area contributed by atoms with Gasteiger partial charge in [-0.25, -0.2) is 0 Å². The van der Waals surface area contributed by atoms with Crippen LogP contribution in [-0.2, 0) is 0 Å². The molecule has 0 aromatic carbocycles. The summed E-state index contributed by atoms with van der Waals surface area (Å²) in [5.41, 5.74) is 0. The predicted molar refractivity (Wildman–Crippen MR) is 95.3 cm³/mol. The smallest absolute Gasteiger partial charge is 0.261 e. The Morgan fingerprint density at radius 3 is 2.70 bits per heavy atom. The largest absolute Gasteiger partial charge is 0.350 e. The average molecular weight is 331 g/mol. The molecular formula is C18H25N3OS. The summed E-state index contributed by atoms with van der Waals surface area (Å²) in [5.74, 6) is 0.0813. The van der Waals surface area contributed by atoms with Crippen LogP contribution in [0.5, 0.6) is 0 Å². The first kappa shape index (κ1) is 15.2. The Labute approximate surface area is 141 Å². The number of carbonyl (C=O) groups excluding carboxylic acids is 1. The van der Waals surface area contributed by atoms with Crippen molar-refractivity contribution >= 4 is 27.3 Å². The summed E-state index contributed by atoms with van der Waals surface area (Å²) in [4.78, 5) is 15.6. The van der Waals surface area contributed by atoms with Crippen molar-refractivity contribution in [3.05, 3.63) is 23.3 Å². The molecule has 2 aromatic rings. The molecule has 2 fully saturated rings. The van der Waals surface area contributed by atoms with Crippen molar-refractivity contribution in [1.29, 1.82) is 0 Å². The van der Waals surface area contributed by atoms with E-state index < -0.39 is 0 Å². The van der Waals surface area contributed by atoms with Crippen LogP contribution < -0.4 is 5.32 Å². The molecule has 4 rings (SSSR count). The Morgan fingerprint density at radius 1 is 1.17 bits per heavy atom. The maximum atomic E-state index is 12.3. The number of thiophene rings is 1. The van der Waals surface area contributed by atoms with E-state index in [1.807, 2.05) is 0 Å². The van der Waals surface area contributed by atoms with Crippen molar-refractivity contribution in [1.82, 2.24) is 14.8 Å². The van der Waals surface area contributed by atoms with Crippen LogP contribution in [0.15, 0.2) is 18.5 Å². The van der Waals surface area contributed by atoms with E-state index in [1.165, 1.54) is 61.7 Å². The number of nitrogens with zero attached hydrogens (tertiary/aromatic N) is 2. The maximum Gasteiger partial charge on any atom is 0.261 e. The van der Waals surface area contributed by atoms with Crippen LogP contribution in [0.3, 0.4) is 0 Å². The van der Waals surface area contributed by atoms with Gasteiger partial charge in [-0.2, -0.15) is 0 Å². The van der Waals surface area contributed by atoms with Crippen molar-refractivity contribution in [2.45, 2.75) is 44.6 Å². The normalized spacial score (nSPS) is 19.8. The fraction of sp³-hybridized carbons (Fsp3) is 0.611. The molecule has 1 aliphatic carbocycles. The van der Waals surface area contributed by atoms with Gasteiger partial charge >= 0.3 is 0 Å². The fourth-order valence-corrected chi connectivity index (χ4v) is 4.89. The molecule has 2 aromatic heterocycles. The van der Waals surface area contributed by atoms with Crippen molar-refractivity contribution in [2.75, 3.05) is 26.2 Å². The highest BCUT2D eigenvalue weighted by Crippen LogP contribution is 2.34. The number of nitrogens with one attached hydrogen (secondary N) is 1. The van der Waals surface area contributed by atoms with Gasteiger partial charge in [-0.3, -0.25) is 4.79 Å². The lowest BCUT2D eigenvalue weighted by Gasteiger charge is -2.14. The Bertz CT molecular complexity index is 646. The summed E-state index contributed by atoms with van der Waals surface area (Å²) in [6, 6.07) is 2.73. The molecule has 4 nitrogen and oxygen atoms in total. The number of likely N-dealkylation sites (tertiary alicyclic amines) is 1. The number of carbonyl (C=O) groups is 1. The number of amides is 1. The Balaban J connectivity index is 1.36. The second-order valence-electron chi connectivity index (χ2n) is 6.88. The van der Waals surface area contributed by atoms with Gasteiger partial charge in [0.1, 0.15) is 0 Å². The first-order chi connectivity index (χ1) is 11.3. The van der Waals surface area contributed by atoms with Gasteiger partial charge in [0.05, 0.1) is 9.58 Å². The summed E-state index contributed by atoms with van der Waals surface area (Å²) in [7, 11) is 0. The second kappa shape index (κ2) is 6.65. The second-order valence-corrected chi connectivity index (χ2v) is 7.96. The molecule has 124 valence electrons. The number of hydrogen-bond acceptors (Lipinski definition) is 3. The highest BCUT2D eigenvalue weighted by Gasteiger charge is 2.19. The van der Waals surface area contributed by atoms with E-state index in [-0.39, 0.29) is 5.91 Å². The molecule has 2 aliphatic rings. The van der Waals surface area contributed by atoms with Gasteiger partial charge in [0.15, 0.2) is 0 Å². The third kappa shape index (κ3) is 3.31. The highest BCUT2D eigenvalue weighted by molar-refractivity contribution is 7.20. The van der Waals surface area contributed by atoms with Crippen LogP contribution in [0.1, 0.15) is 54.2 Å². The summed E-state index contributed by atoms with van der Waals surface area (Å²) >= 11 is 1.62. The van der Waals surface area contributed by atoms with Gasteiger partial charge in [0.25, 0.3) is 5.91 Å². The zero-order valence-corrected chi connectivity index (χ0v) is 14.4. The van der Waals surface area contributed by atoms with Gasteiger partial charge in [0, 0.05) is 36.9 Å². The fourth-order valence-electron chi connectivity index (χ4n) is 3.90. The number of hydrogen-bond donors (Lipinski definition) is 1. The van der Waals surface area contributed by atoms with Crippen molar-refractivity contribution in [3.8, 4) is 0 Å². The minimum Gasteiger partial charge on any atom is -0.350 e. The molecule has 1 saturated heterocycles. The maximum absolute atomic E-state index is 12.3. The highest BCUT2D eigenvalue weighted by atomic mass is 32.1. The molecule has 0 bridgehead atoms. The minimum atomic E-state index is 0.0813. The molecule has 23 heavy (non-hydrogen) atoms. The van der Waals surface area contributed by atoms with E-state index >= 15 is 0 Å². The van der Waals surface area contributed by atoms with Crippen molar-refractivity contribution < 1.29 is 4.79 Å². The van der Waals surface area contributed by atoms with Crippen LogP contribution >= 0.6 is 11.3 Å². The van der Waals surface area contributed by atoms with E-state index in [0.717, 1.165) is 18.0 Å². The lowest BCUT2D eigenvalue weighted by molar-refractivity contribution is 0.0954. The molecule has 0 radical (unpaired) electrons. The standard InChI is InChI=1S/C18H25N3OS/c22-18(19-7-10-20-8-3-4-9-20)16-11-14-12-21(13-17(14)23-16)15-5-1-2-6-15/h11-13,15H,1-10H2,(H,19,22). The van der Waals surface area contributed by atoms with Gasteiger partial charge in [0.2, 0.25) is 0 Å². The first-order valence-electron chi connectivity index (χ1n) is 8.91. The van der Waals surface area contributed by atoms with Gasteiger partial charge in [-0.05, 0) is 44.8 Å². The van der Waals surface area contributed by atoms with Crippen LogP contribution in [0, 0.1) is 0 Å². The third-order valence-electron chi connectivity index (χ3n) is 5.23.